The van der Waals surface area contributed by atoms with E-state index in [1.54, 1.807) is 0 Å². The third-order valence-electron chi connectivity index (χ3n) is 9.55. The number of nitrogens with one attached hydrogen (secondary N) is 1. The van der Waals surface area contributed by atoms with Gasteiger partial charge in [0.05, 0.1) is 53.2 Å². The monoisotopic (exact) mass is 677 g/mol. The zero-order valence-corrected chi connectivity index (χ0v) is 28.8. The van der Waals surface area contributed by atoms with Crippen LogP contribution < -0.4 is 15.1 Å². The zero-order valence-electron chi connectivity index (χ0n) is 28.1. The molecule has 3 atom stereocenters. The topological polar surface area (TPSA) is 143 Å². The van der Waals surface area contributed by atoms with Gasteiger partial charge < -0.3 is 34.8 Å². The number of carbonyl (C=O) groups excluding carboxylic acids is 1. The second-order valence-corrected chi connectivity index (χ2v) is 13.8. The van der Waals surface area contributed by atoms with E-state index in [1.165, 1.54) is 4.90 Å². The summed E-state index contributed by atoms with van der Waals surface area (Å²) in [6.45, 7) is 7.50. The number of nitrogens with zero attached hydrogens (tertiary/aromatic N) is 8. The van der Waals surface area contributed by atoms with Crippen LogP contribution in [-0.4, -0.2) is 107 Å². The lowest BCUT2D eigenvalue weighted by molar-refractivity contribution is -0.0366. The number of piperazine rings is 1. The predicted octanol–water partition coefficient (Wildman–Crippen LogP) is 4.42. The summed E-state index contributed by atoms with van der Waals surface area (Å²) in [7, 11) is 3.92. The van der Waals surface area contributed by atoms with Crippen LogP contribution in [0.4, 0.5) is 16.2 Å². The van der Waals surface area contributed by atoms with Crippen molar-refractivity contribution in [3.8, 4) is 6.07 Å². The minimum Gasteiger partial charge on any atom is -0.465 e. The average molecular weight is 678 g/mol. The van der Waals surface area contributed by atoms with Crippen LogP contribution >= 0.6 is 11.6 Å². The number of benzene rings is 1. The molecule has 2 N–H and O–H groups in total. The molecule has 3 aliphatic heterocycles. The number of halogens is 1. The number of likely N-dealkylation sites (N-methyl/N-ethyl adjacent to an activating group) is 1. The highest BCUT2D eigenvalue weighted by atomic mass is 35.5. The van der Waals surface area contributed by atoms with Crippen molar-refractivity contribution in [2.75, 3.05) is 63.2 Å². The van der Waals surface area contributed by atoms with Crippen molar-refractivity contribution >= 4 is 45.9 Å². The number of aryl methyl sites for hydroxylation is 1. The number of aromatic nitrogens is 3. The van der Waals surface area contributed by atoms with Crippen molar-refractivity contribution in [3.05, 3.63) is 45.9 Å². The molecule has 0 saturated carbocycles. The number of ether oxygens (including phenoxy) is 1. The van der Waals surface area contributed by atoms with E-state index in [9.17, 15) is 20.0 Å². The van der Waals surface area contributed by atoms with Crippen LogP contribution in [0.15, 0.2) is 18.3 Å². The molecule has 0 radical (unpaired) electrons. The molecule has 48 heavy (non-hydrogen) atoms. The number of anilines is 2. The molecule has 0 aliphatic carbocycles. The first-order valence-corrected chi connectivity index (χ1v) is 17.1. The third-order valence-corrected chi connectivity index (χ3v) is 10.0. The number of pyridine rings is 1. The molecular weight excluding hydrogens is 634 g/mol. The van der Waals surface area contributed by atoms with Crippen LogP contribution in [0.1, 0.15) is 66.1 Å². The zero-order chi connectivity index (χ0) is 34.1. The first-order chi connectivity index (χ1) is 23.0. The Labute approximate surface area is 286 Å². The summed E-state index contributed by atoms with van der Waals surface area (Å²) in [6, 6.07) is 5.47. The van der Waals surface area contributed by atoms with Gasteiger partial charge in [-0.25, -0.2) is 14.5 Å². The molecule has 3 aromatic rings. The molecule has 0 spiro atoms. The summed E-state index contributed by atoms with van der Waals surface area (Å²) in [5.74, 6) is -0.270. The van der Waals surface area contributed by atoms with Crippen LogP contribution in [0.5, 0.6) is 0 Å². The number of amides is 2. The SMILES string of the molecule is Cc1cc2c(cnn2C2CCCCO2)c(N2CCc3c(N4CCN(C(=O)O)[C@@H](CC#N)C4)cc(C(=O)NC(C)CN(C)C)nc3C2)c1Cl. The van der Waals surface area contributed by atoms with Crippen molar-refractivity contribution < 1.29 is 19.4 Å². The number of hydrogen-bond donors (Lipinski definition) is 2. The molecule has 2 fully saturated rings. The van der Waals surface area contributed by atoms with Gasteiger partial charge in [-0.2, -0.15) is 10.4 Å². The Bertz CT molecular complexity index is 1730. The largest absolute Gasteiger partial charge is 0.465 e. The fourth-order valence-electron chi connectivity index (χ4n) is 7.33. The van der Waals surface area contributed by atoms with E-state index >= 15 is 0 Å². The van der Waals surface area contributed by atoms with Gasteiger partial charge in [0.25, 0.3) is 5.91 Å². The van der Waals surface area contributed by atoms with Crippen molar-refractivity contribution in [2.45, 2.75) is 70.8 Å². The first kappa shape index (κ1) is 33.8. The van der Waals surface area contributed by atoms with Crippen LogP contribution in [0.25, 0.3) is 10.9 Å². The molecule has 13 nitrogen and oxygen atoms in total. The molecule has 6 rings (SSSR count). The van der Waals surface area contributed by atoms with E-state index in [-0.39, 0.29) is 31.1 Å². The summed E-state index contributed by atoms with van der Waals surface area (Å²) >= 11 is 7.06. The molecule has 2 amide bonds. The maximum absolute atomic E-state index is 13.6. The molecule has 3 aliphatic rings. The number of hydrogen-bond acceptors (Lipinski definition) is 9. The van der Waals surface area contributed by atoms with E-state index in [1.807, 2.05) is 49.8 Å². The molecule has 1 aromatic carbocycles. The summed E-state index contributed by atoms with van der Waals surface area (Å²) < 4.78 is 8.05. The fourth-order valence-corrected chi connectivity index (χ4v) is 7.61. The van der Waals surface area contributed by atoms with E-state index < -0.39 is 12.1 Å². The van der Waals surface area contributed by atoms with Gasteiger partial charge in [-0.15, -0.1) is 0 Å². The Morgan fingerprint density at radius 3 is 2.75 bits per heavy atom. The number of carboxylic acid groups (broad SMARTS) is 1. The van der Waals surface area contributed by atoms with Gasteiger partial charge in [-0.05, 0) is 71.3 Å². The van der Waals surface area contributed by atoms with E-state index in [0.717, 1.165) is 65.0 Å². The standard InChI is InChI=1S/C34H44ClN9O4/c1-21-15-29-25(17-37-44(29)30-7-5-6-14-48-30)32(31(21)35)42-11-9-24-27(20-42)39-26(33(45)38-22(2)18-40(3)4)16-28(24)41-12-13-43(34(46)47)23(19-41)8-10-36/h15-17,22-23,30H,5-9,11-14,18-20H2,1-4H3,(H,38,45)(H,46,47)/t22?,23-,30?/m0/s1. The summed E-state index contributed by atoms with van der Waals surface area (Å²) in [5.41, 5.74) is 5.77. The molecule has 2 aromatic heterocycles. The van der Waals surface area contributed by atoms with Gasteiger partial charge in [-0.3, -0.25) is 4.79 Å². The number of nitriles is 1. The lowest BCUT2D eigenvalue weighted by atomic mass is 9.98. The molecule has 14 heteroatoms. The van der Waals surface area contributed by atoms with Crippen LogP contribution in [0.2, 0.25) is 5.02 Å². The molecule has 5 heterocycles. The van der Waals surface area contributed by atoms with Gasteiger partial charge >= 0.3 is 6.09 Å². The fraction of sp³-hybridized carbons (Fsp3) is 0.559. The van der Waals surface area contributed by atoms with Crippen LogP contribution in [0, 0.1) is 18.3 Å². The van der Waals surface area contributed by atoms with Gasteiger partial charge in [0.2, 0.25) is 0 Å². The number of carbonyl (C=O) groups is 2. The average Bonchev–Trinajstić information content (AvgIpc) is 3.47. The van der Waals surface area contributed by atoms with Gasteiger partial charge in [0.15, 0.2) is 6.23 Å². The molecule has 2 saturated heterocycles. The normalized spacial score (nSPS) is 20.5. The molecule has 2 unspecified atom stereocenters. The Morgan fingerprint density at radius 2 is 2.04 bits per heavy atom. The van der Waals surface area contributed by atoms with Crippen LogP contribution in [0.3, 0.4) is 0 Å². The highest BCUT2D eigenvalue weighted by Crippen LogP contribution is 2.41. The van der Waals surface area contributed by atoms with E-state index in [0.29, 0.717) is 49.9 Å². The Morgan fingerprint density at radius 1 is 1.23 bits per heavy atom. The summed E-state index contributed by atoms with van der Waals surface area (Å²) in [6.07, 6.45) is 4.51. The number of fused-ring (bicyclic) bond motifs is 2. The van der Waals surface area contributed by atoms with Crippen molar-refractivity contribution in [3.63, 3.8) is 0 Å². The molecule has 0 bridgehead atoms. The molecule has 256 valence electrons. The van der Waals surface area contributed by atoms with Gasteiger partial charge in [-0.1, -0.05) is 11.6 Å². The Kier molecular flexibility index (Phi) is 9.96. The Hall–Kier alpha value is -4.12. The first-order valence-electron chi connectivity index (χ1n) is 16.7. The van der Waals surface area contributed by atoms with Crippen molar-refractivity contribution in [2.24, 2.45) is 0 Å². The van der Waals surface area contributed by atoms with Crippen molar-refractivity contribution in [1.82, 2.24) is 29.9 Å². The smallest absolute Gasteiger partial charge is 0.407 e. The highest BCUT2D eigenvalue weighted by molar-refractivity contribution is 6.35. The van der Waals surface area contributed by atoms with Gasteiger partial charge in [0.1, 0.15) is 5.69 Å². The molecular formula is C34H44ClN9O4. The Balaban J connectivity index is 1.38. The summed E-state index contributed by atoms with van der Waals surface area (Å²) in [5, 5.41) is 28.7. The highest BCUT2D eigenvalue weighted by Gasteiger charge is 2.34. The second-order valence-electron chi connectivity index (χ2n) is 13.4. The van der Waals surface area contributed by atoms with Crippen molar-refractivity contribution in [1.29, 1.82) is 5.26 Å². The third kappa shape index (κ3) is 6.74. The number of rotatable bonds is 8. The van der Waals surface area contributed by atoms with E-state index in [2.05, 4.69) is 27.3 Å². The van der Waals surface area contributed by atoms with Crippen LogP contribution in [-0.2, 0) is 17.7 Å². The summed E-state index contributed by atoms with van der Waals surface area (Å²) in [4.78, 5) is 38.2. The minimum absolute atomic E-state index is 0.0840. The van der Waals surface area contributed by atoms with E-state index in [4.69, 9.17) is 26.4 Å². The minimum atomic E-state index is -1.03. The lowest BCUT2D eigenvalue weighted by Gasteiger charge is -2.42. The quantitative estimate of drug-likeness (QED) is 0.352. The lowest BCUT2D eigenvalue weighted by Crippen LogP contribution is -2.55. The maximum Gasteiger partial charge on any atom is 0.407 e. The second kappa shape index (κ2) is 14.2. The maximum atomic E-state index is 13.6. The predicted molar refractivity (Wildman–Crippen MR) is 184 cm³/mol. The van der Waals surface area contributed by atoms with Gasteiger partial charge in [0, 0.05) is 62.0 Å².